The van der Waals surface area contributed by atoms with E-state index in [2.05, 4.69) is 20.8 Å². The highest BCUT2D eigenvalue weighted by atomic mass is 14.1. The lowest BCUT2D eigenvalue weighted by atomic mass is 9.92. The Morgan fingerprint density at radius 3 is 0.605 bits per heavy atom. The van der Waals surface area contributed by atoms with Crippen molar-refractivity contribution < 1.29 is 0 Å². The highest BCUT2D eigenvalue weighted by Crippen LogP contribution is 2.22. The monoisotopic (exact) mass is 535 g/mol. The van der Waals surface area contributed by atoms with Gasteiger partial charge in [-0.2, -0.15) is 0 Å². The molecular weight excluding hydrogens is 456 g/mol. The lowest BCUT2D eigenvalue weighted by molar-refractivity contribution is 0.392. The van der Waals surface area contributed by atoms with Crippen LogP contribution in [-0.2, 0) is 0 Å². The molecule has 0 spiro atoms. The molecule has 0 aliphatic rings. The summed E-state index contributed by atoms with van der Waals surface area (Å²) in [6, 6.07) is 0. The zero-order valence-electron chi connectivity index (χ0n) is 27.6. The molecule has 0 aromatic carbocycles. The van der Waals surface area contributed by atoms with E-state index in [1.807, 2.05) is 0 Å². The molecule has 0 heteroatoms. The average Bonchev–Trinajstić information content (AvgIpc) is 2.93. The summed E-state index contributed by atoms with van der Waals surface area (Å²) in [5.41, 5.74) is 0. The molecule has 0 aromatic rings. The van der Waals surface area contributed by atoms with E-state index in [4.69, 9.17) is 0 Å². The Balaban J connectivity index is 3.25. The van der Waals surface area contributed by atoms with Crippen LogP contribution in [0.3, 0.4) is 0 Å². The van der Waals surface area contributed by atoms with Gasteiger partial charge in [0, 0.05) is 0 Å². The quantitative estimate of drug-likeness (QED) is 0.0720. The highest BCUT2D eigenvalue weighted by molar-refractivity contribution is 4.59. The molecule has 0 saturated carbocycles. The SMILES string of the molecule is CCCCCCCCCCCCCCCCCCCC(CC)CCCCCCCCCCCCCCCC. The first-order valence-electron chi connectivity index (χ1n) is 18.8. The van der Waals surface area contributed by atoms with Crippen molar-refractivity contribution in [2.24, 2.45) is 5.92 Å². The lowest BCUT2D eigenvalue weighted by Crippen LogP contribution is -1.99. The molecule has 0 rings (SSSR count). The summed E-state index contributed by atoms with van der Waals surface area (Å²) in [5, 5.41) is 0. The maximum absolute atomic E-state index is 2.43. The van der Waals surface area contributed by atoms with Crippen molar-refractivity contribution in [1.29, 1.82) is 0 Å². The molecule has 230 valence electrons. The summed E-state index contributed by atoms with van der Waals surface area (Å²) in [6.45, 7) is 7.05. The van der Waals surface area contributed by atoms with Crippen LogP contribution >= 0.6 is 0 Å². The molecule has 1 unspecified atom stereocenters. The van der Waals surface area contributed by atoms with Crippen LogP contribution < -0.4 is 0 Å². The second kappa shape index (κ2) is 35.0. The number of rotatable bonds is 34. The number of unbranched alkanes of at least 4 members (excludes halogenated alkanes) is 29. The van der Waals surface area contributed by atoms with Crippen molar-refractivity contribution >= 4 is 0 Å². The van der Waals surface area contributed by atoms with Crippen molar-refractivity contribution in [1.82, 2.24) is 0 Å². The second-order valence-corrected chi connectivity index (χ2v) is 13.1. The number of hydrogen-bond acceptors (Lipinski definition) is 0. The maximum Gasteiger partial charge on any atom is -0.0417 e. The van der Waals surface area contributed by atoms with Crippen LogP contribution in [0.4, 0.5) is 0 Å². The van der Waals surface area contributed by atoms with Gasteiger partial charge < -0.3 is 0 Å². The van der Waals surface area contributed by atoms with Crippen LogP contribution in [0.1, 0.15) is 239 Å². The van der Waals surface area contributed by atoms with E-state index in [1.165, 1.54) is 218 Å². The fraction of sp³-hybridized carbons (Fsp3) is 1.00. The molecule has 0 bridgehead atoms. The molecule has 0 fully saturated rings. The van der Waals surface area contributed by atoms with Gasteiger partial charge >= 0.3 is 0 Å². The zero-order valence-corrected chi connectivity index (χ0v) is 27.6. The van der Waals surface area contributed by atoms with Crippen LogP contribution in [0.5, 0.6) is 0 Å². The molecule has 0 amide bonds. The van der Waals surface area contributed by atoms with Crippen LogP contribution in [-0.4, -0.2) is 0 Å². The third-order valence-electron chi connectivity index (χ3n) is 9.26. The molecule has 0 aliphatic heterocycles. The smallest absolute Gasteiger partial charge is 0.0417 e. The van der Waals surface area contributed by atoms with Gasteiger partial charge in [-0.05, 0) is 5.92 Å². The first kappa shape index (κ1) is 38.0. The standard InChI is InChI=1S/C38H78/c1-4-7-9-11-13-15-17-19-21-22-23-25-27-29-31-33-35-37-38(6-3)36-34-32-30-28-26-24-20-18-16-14-12-10-8-5-2/h38H,4-37H2,1-3H3. The van der Waals surface area contributed by atoms with Gasteiger partial charge in [-0.15, -0.1) is 0 Å². The largest absolute Gasteiger partial charge is 0.0654 e. The number of hydrogen-bond donors (Lipinski definition) is 0. The van der Waals surface area contributed by atoms with Crippen molar-refractivity contribution in [3.05, 3.63) is 0 Å². The Kier molecular flexibility index (Phi) is 35.0. The molecule has 1 atom stereocenters. The van der Waals surface area contributed by atoms with E-state index < -0.39 is 0 Å². The molecule has 0 heterocycles. The van der Waals surface area contributed by atoms with Gasteiger partial charge in [0.2, 0.25) is 0 Å². The minimum atomic E-state index is 1.02. The average molecular weight is 535 g/mol. The van der Waals surface area contributed by atoms with E-state index in [0.29, 0.717) is 0 Å². The van der Waals surface area contributed by atoms with Gasteiger partial charge in [-0.25, -0.2) is 0 Å². The van der Waals surface area contributed by atoms with Crippen LogP contribution in [0.2, 0.25) is 0 Å². The zero-order chi connectivity index (χ0) is 27.6. The first-order valence-corrected chi connectivity index (χ1v) is 18.8. The van der Waals surface area contributed by atoms with E-state index in [9.17, 15) is 0 Å². The predicted molar refractivity (Wildman–Crippen MR) is 177 cm³/mol. The summed E-state index contributed by atoms with van der Waals surface area (Å²) < 4.78 is 0. The highest BCUT2D eigenvalue weighted by Gasteiger charge is 2.06. The first-order chi connectivity index (χ1) is 18.8. The summed E-state index contributed by atoms with van der Waals surface area (Å²) in [7, 11) is 0. The molecule has 0 aromatic heterocycles. The minimum Gasteiger partial charge on any atom is -0.0654 e. The van der Waals surface area contributed by atoms with Gasteiger partial charge in [0.05, 0.1) is 0 Å². The Morgan fingerprint density at radius 1 is 0.237 bits per heavy atom. The van der Waals surface area contributed by atoms with Crippen LogP contribution in [0.25, 0.3) is 0 Å². The Labute approximate surface area is 244 Å². The van der Waals surface area contributed by atoms with Crippen molar-refractivity contribution in [3.8, 4) is 0 Å². The third-order valence-corrected chi connectivity index (χ3v) is 9.26. The normalized spacial score (nSPS) is 12.4. The van der Waals surface area contributed by atoms with E-state index in [0.717, 1.165) is 5.92 Å². The Hall–Kier alpha value is 0. The summed E-state index contributed by atoms with van der Waals surface area (Å²) in [5.74, 6) is 1.02. The van der Waals surface area contributed by atoms with Gasteiger partial charge in [0.15, 0.2) is 0 Å². The topological polar surface area (TPSA) is 0 Å². The molecular formula is C38H78. The van der Waals surface area contributed by atoms with E-state index in [-0.39, 0.29) is 0 Å². The summed E-state index contributed by atoms with van der Waals surface area (Å²) in [6.07, 6.45) is 50.3. The predicted octanol–water partition coefficient (Wildman–Crippen LogP) is 14.9. The van der Waals surface area contributed by atoms with Crippen molar-refractivity contribution in [2.75, 3.05) is 0 Å². The van der Waals surface area contributed by atoms with Crippen molar-refractivity contribution in [3.63, 3.8) is 0 Å². The molecule has 38 heavy (non-hydrogen) atoms. The van der Waals surface area contributed by atoms with Crippen molar-refractivity contribution in [2.45, 2.75) is 239 Å². The minimum absolute atomic E-state index is 1.02. The third kappa shape index (κ3) is 32.2. The fourth-order valence-corrected chi connectivity index (χ4v) is 6.34. The maximum atomic E-state index is 2.43. The Bertz CT molecular complexity index is 385. The molecule has 0 N–H and O–H groups in total. The second-order valence-electron chi connectivity index (χ2n) is 13.1. The Morgan fingerprint density at radius 2 is 0.421 bits per heavy atom. The van der Waals surface area contributed by atoms with Crippen LogP contribution in [0, 0.1) is 5.92 Å². The van der Waals surface area contributed by atoms with Gasteiger partial charge in [-0.1, -0.05) is 239 Å². The van der Waals surface area contributed by atoms with Gasteiger partial charge in [0.1, 0.15) is 0 Å². The summed E-state index contributed by atoms with van der Waals surface area (Å²) >= 11 is 0. The van der Waals surface area contributed by atoms with Gasteiger partial charge in [0.25, 0.3) is 0 Å². The fourth-order valence-electron chi connectivity index (χ4n) is 6.34. The lowest BCUT2D eigenvalue weighted by Gasteiger charge is -2.14. The molecule has 0 radical (unpaired) electrons. The molecule has 0 nitrogen and oxygen atoms in total. The molecule has 0 aliphatic carbocycles. The van der Waals surface area contributed by atoms with Crippen LogP contribution in [0.15, 0.2) is 0 Å². The molecule has 0 saturated heterocycles. The van der Waals surface area contributed by atoms with E-state index >= 15 is 0 Å². The van der Waals surface area contributed by atoms with Gasteiger partial charge in [-0.3, -0.25) is 0 Å². The van der Waals surface area contributed by atoms with E-state index in [1.54, 1.807) is 0 Å². The summed E-state index contributed by atoms with van der Waals surface area (Å²) in [4.78, 5) is 0.